The molecule has 3 rings (SSSR count). The van der Waals surface area contributed by atoms with Crippen molar-refractivity contribution in [2.45, 2.75) is 19.9 Å². The van der Waals surface area contributed by atoms with E-state index in [1.165, 1.54) is 18.5 Å². The molecule has 2 aliphatic rings. The zero-order valence-corrected chi connectivity index (χ0v) is 11.6. The minimum absolute atomic E-state index is 0.240. The minimum atomic E-state index is 0.240. The Kier molecular flexibility index (Phi) is 3.56. The van der Waals surface area contributed by atoms with Crippen LogP contribution in [0, 0.1) is 11.8 Å². The van der Waals surface area contributed by atoms with E-state index in [9.17, 15) is 4.79 Å². The highest BCUT2D eigenvalue weighted by Gasteiger charge is 2.37. The molecule has 0 radical (unpaired) electrons. The Morgan fingerprint density at radius 3 is 2.63 bits per heavy atom. The highest BCUT2D eigenvalue weighted by atomic mass is 16.2. The number of carbonyl (C=O) groups is 1. The van der Waals surface area contributed by atoms with Crippen molar-refractivity contribution in [3.63, 3.8) is 0 Å². The van der Waals surface area contributed by atoms with Crippen molar-refractivity contribution in [1.82, 2.24) is 9.80 Å². The van der Waals surface area contributed by atoms with Gasteiger partial charge in [0.2, 0.25) is 5.91 Å². The van der Waals surface area contributed by atoms with E-state index in [-0.39, 0.29) is 5.91 Å². The number of nitrogens with zero attached hydrogens (tertiary/aromatic N) is 2. The molecule has 2 aliphatic heterocycles. The fourth-order valence-electron chi connectivity index (χ4n) is 3.49. The molecule has 2 heterocycles. The lowest BCUT2D eigenvalue weighted by Gasteiger charge is -2.34. The maximum Gasteiger partial charge on any atom is 0.219 e. The van der Waals surface area contributed by atoms with E-state index in [1.54, 1.807) is 6.92 Å². The Morgan fingerprint density at radius 1 is 1.16 bits per heavy atom. The van der Waals surface area contributed by atoms with Gasteiger partial charge in [-0.1, -0.05) is 30.3 Å². The van der Waals surface area contributed by atoms with Gasteiger partial charge >= 0.3 is 0 Å². The molecule has 19 heavy (non-hydrogen) atoms. The van der Waals surface area contributed by atoms with Gasteiger partial charge in [-0.25, -0.2) is 0 Å². The fraction of sp³-hybridized carbons (Fsp3) is 0.562. The number of likely N-dealkylation sites (tertiary alicyclic amines) is 2. The standard InChI is InChI=1S/C16H22N2O/c1-13(19)18-11-15-7-8-17(10-16(15)12-18)9-14-5-3-2-4-6-14/h2-6,15-16H,7-12H2,1H3. The summed E-state index contributed by atoms with van der Waals surface area (Å²) in [5.41, 5.74) is 1.39. The predicted octanol–water partition coefficient (Wildman–Crippen LogP) is 1.99. The number of rotatable bonds is 2. The van der Waals surface area contributed by atoms with Crippen molar-refractivity contribution >= 4 is 5.91 Å². The van der Waals surface area contributed by atoms with Crippen LogP contribution in [0.3, 0.4) is 0 Å². The lowest BCUT2D eigenvalue weighted by atomic mass is 9.88. The third kappa shape index (κ3) is 2.81. The average molecular weight is 258 g/mol. The van der Waals surface area contributed by atoms with Crippen LogP contribution in [-0.2, 0) is 11.3 Å². The molecular weight excluding hydrogens is 236 g/mol. The molecule has 102 valence electrons. The Bertz CT molecular complexity index is 445. The van der Waals surface area contributed by atoms with Crippen molar-refractivity contribution in [3.05, 3.63) is 35.9 Å². The van der Waals surface area contributed by atoms with Gasteiger partial charge in [-0.05, 0) is 30.4 Å². The van der Waals surface area contributed by atoms with Crippen LogP contribution in [0.25, 0.3) is 0 Å². The van der Waals surface area contributed by atoms with E-state index in [0.29, 0.717) is 5.92 Å². The molecule has 1 amide bonds. The summed E-state index contributed by atoms with van der Waals surface area (Å²) in [4.78, 5) is 16.0. The molecule has 2 saturated heterocycles. The number of benzene rings is 1. The van der Waals surface area contributed by atoms with Crippen LogP contribution in [0.4, 0.5) is 0 Å². The highest BCUT2D eigenvalue weighted by molar-refractivity contribution is 5.73. The number of fused-ring (bicyclic) bond motifs is 1. The quantitative estimate of drug-likeness (QED) is 0.810. The van der Waals surface area contributed by atoms with E-state index in [0.717, 1.165) is 32.1 Å². The zero-order chi connectivity index (χ0) is 13.2. The fourth-order valence-corrected chi connectivity index (χ4v) is 3.49. The highest BCUT2D eigenvalue weighted by Crippen LogP contribution is 2.31. The smallest absolute Gasteiger partial charge is 0.219 e. The molecule has 3 nitrogen and oxygen atoms in total. The third-order valence-electron chi connectivity index (χ3n) is 4.58. The summed E-state index contributed by atoms with van der Waals surface area (Å²) in [7, 11) is 0. The summed E-state index contributed by atoms with van der Waals surface area (Å²) in [6.45, 7) is 7.00. The second-order valence-corrected chi connectivity index (χ2v) is 5.95. The summed E-state index contributed by atoms with van der Waals surface area (Å²) >= 11 is 0. The summed E-state index contributed by atoms with van der Waals surface area (Å²) in [6.07, 6.45) is 1.24. The molecule has 1 aromatic carbocycles. The van der Waals surface area contributed by atoms with Gasteiger partial charge in [-0.2, -0.15) is 0 Å². The molecule has 0 N–H and O–H groups in total. The third-order valence-corrected chi connectivity index (χ3v) is 4.58. The number of amides is 1. The zero-order valence-electron chi connectivity index (χ0n) is 11.6. The molecule has 0 spiro atoms. The van der Waals surface area contributed by atoms with Crippen LogP contribution in [0.1, 0.15) is 18.9 Å². The Labute approximate surface area is 115 Å². The van der Waals surface area contributed by atoms with Crippen molar-refractivity contribution < 1.29 is 4.79 Å². The molecular formula is C16H22N2O. The first-order valence-corrected chi connectivity index (χ1v) is 7.24. The van der Waals surface area contributed by atoms with Crippen LogP contribution in [-0.4, -0.2) is 41.9 Å². The van der Waals surface area contributed by atoms with Gasteiger partial charge in [0.05, 0.1) is 0 Å². The summed E-state index contributed by atoms with van der Waals surface area (Å²) in [5, 5.41) is 0. The lowest BCUT2D eigenvalue weighted by Crippen LogP contribution is -2.39. The van der Waals surface area contributed by atoms with Crippen molar-refractivity contribution in [1.29, 1.82) is 0 Å². The first-order chi connectivity index (χ1) is 9.22. The van der Waals surface area contributed by atoms with Crippen LogP contribution < -0.4 is 0 Å². The maximum atomic E-state index is 11.5. The van der Waals surface area contributed by atoms with E-state index in [1.807, 2.05) is 4.90 Å². The second-order valence-electron chi connectivity index (χ2n) is 5.95. The first kappa shape index (κ1) is 12.7. The topological polar surface area (TPSA) is 23.6 Å². The lowest BCUT2D eigenvalue weighted by molar-refractivity contribution is -0.128. The molecule has 0 bridgehead atoms. The number of hydrogen-bond acceptors (Lipinski definition) is 2. The normalized spacial score (nSPS) is 27.3. The monoisotopic (exact) mass is 258 g/mol. The van der Waals surface area contributed by atoms with E-state index < -0.39 is 0 Å². The molecule has 2 fully saturated rings. The average Bonchev–Trinajstić information content (AvgIpc) is 2.83. The number of carbonyl (C=O) groups excluding carboxylic acids is 1. The molecule has 0 aliphatic carbocycles. The van der Waals surface area contributed by atoms with Gasteiger partial charge in [0.1, 0.15) is 0 Å². The Balaban J connectivity index is 1.59. The van der Waals surface area contributed by atoms with Crippen LogP contribution in [0.15, 0.2) is 30.3 Å². The number of piperidine rings is 1. The van der Waals surface area contributed by atoms with Gasteiger partial charge in [0.15, 0.2) is 0 Å². The molecule has 3 heteroatoms. The molecule has 0 aromatic heterocycles. The van der Waals surface area contributed by atoms with E-state index in [2.05, 4.69) is 35.2 Å². The van der Waals surface area contributed by atoms with Gasteiger partial charge < -0.3 is 4.90 Å². The molecule has 2 unspecified atom stereocenters. The van der Waals surface area contributed by atoms with Crippen LogP contribution in [0.5, 0.6) is 0 Å². The van der Waals surface area contributed by atoms with Gasteiger partial charge in [-0.15, -0.1) is 0 Å². The first-order valence-electron chi connectivity index (χ1n) is 7.24. The summed E-state index contributed by atoms with van der Waals surface area (Å²) in [5.74, 6) is 1.65. The number of hydrogen-bond donors (Lipinski definition) is 0. The van der Waals surface area contributed by atoms with E-state index in [4.69, 9.17) is 0 Å². The second kappa shape index (κ2) is 5.33. The SMILES string of the molecule is CC(=O)N1CC2CCN(Cc3ccccc3)CC2C1. The van der Waals surface area contributed by atoms with Gasteiger partial charge in [0.25, 0.3) is 0 Å². The Morgan fingerprint density at radius 2 is 1.89 bits per heavy atom. The predicted molar refractivity (Wildman–Crippen MR) is 75.6 cm³/mol. The molecule has 2 atom stereocenters. The summed E-state index contributed by atoms with van der Waals surface area (Å²) in [6, 6.07) is 10.7. The van der Waals surface area contributed by atoms with Crippen LogP contribution in [0.2, 0.25) is 0 Å². The van der Waals surface area contributed by atoms with Crippen molar-refractivity contribution in [3.8, 4) is 0 Å². The summed E-state index contributed by atoms with van der Waals surface area (Å²) < 4.78 is 0. The Hall–Kier alpha value is -1.35. The van der Waals surface area contributed by atoms with Gasteiger partial charge in [-0.3, -0.25) is 9.69 Å². The minimum Gasteiger partial charge on any atom is -0.342 e. The van der Waals surface area contributed by atoms with Crippen LogP contribution >= 0.6 is 0 Å². The molecule has 0 saturated carbocycles. The maximum absolute atomic E-state index is 11.5. The van der Waals surface area contributed by atoms with Crippen molar-refractivity contribution in [2.75, 3.05) is 26.2 Å². The largest absolute Gasteiger partial charge is 0.342 e. The molecule has 1 aromatic rings. The van der Waals surface area contributed by atoms with E-state index >= 15 is 0 Å². The van der Waals surface area contributed by atoms with Crippen molar-refractivity contribution in [2.24, 2.45) is 11.8 Å². The van der Waals surface area contributed by atoms with Gasteiger partial charge in [0, 0.05) is 33.1 Å².